The highest BCUT2D eigenvalue weighted by Gasteiger charge is 2.31. The molecule has 13 nitrogen and oxygen atoms in total. The molecule has 60 heavy (non-hydrogen) atoms. The number of nitrogens with zero attached hydrogens (tertiary/aromatic N) is 1. The van der Waals surface area contributed by atoms with Crippen LogP contribution in [0.3, 0.4) is 0 Å². The number of anilines is 3. The van der Waals surface area contributed by atoms with Gasteiger partial charge in [0.25, 0.3) is 0 Å². The Balaban J connectivity index is 1.32. The number of rotatable bonds is 23. The monoisotopic (exact) mass is 845 g/mol. The van der Waals surface area contributed by atoms with Crippen molar-refractivity contribution in [2.24, 2.45) is 11.8 Å². The van der Waals surface area contributed by atoms with E-state index in [1.807, 2.05) is 117 Å². The van der Waals surface area contributed by atoms with Gasteiger partial charge in [0.1, 0.15) is 12.7 Å². The third-order valence-corrected chi connectivity index (χ3v) is 10.6. The number of esters is 1. The van der Waals surface area contributed by atoms with Gasteiger partial charge in [-0.15, -0.1) is 0 Å². The molecular formula is C46H60N3O10P. The van der Waals surface area contributed by atoms with Crippen molar-refractivity contribution in [1.29, 1.82) is 0 Å². The standard InChI is InChI=1S/C46H60N3O10P/c1-8-39(40-21-24-43(49(27-33(2)3)28-34(4)5)42(25-40)48-45(51)47-41-22-19-35(6)20-23-41)26-44(50)55-32-56-46(52)54-29-36(7)59-60(53,57-30-37-15-11-9-12-16-37)58-31-38-17-13-10-14-18-38/h9-25,33-34,36,39H,8,26-32H2,1-7H3,(H2,47,48,51). The first-order valence-electron chi connectivity index (χ1n) is 20.4. The summed E-state index contributed by atoms with van der Waals surface area (Å²) in [5.41, 5.74) is 5.62. The molecule has 0 heterocycles. The van der Waals surface area contributed by atoms with Crippen molar-refractivity contribution < 1.29 is 46.7 Å². The summed E-state index contributed by atoms with van der Waals surface area (Å²) in [5.74, 6) is -0.0967. The Kier molecular flexibility index (Phi) is 19.1. The van der Waals surface area contributed by atoms with Crippen molar-refractivity contribution in [3.63, 3.8) is 0 Å². The van der Waals surface area contributed by atoms with Crippen molar-refractivity contribution in [3.8, 4) is 0 Å². The number of urea groups is 1. The lowest BCUT2D eigenvalue weighted by Gasteiger charge is -2.31. The van der Waals surface area contributed by atoms with E-state index in [0.29, 0.717) is 29.6 Å². The minimum atomic E-state index is -4.12. The van der Waals surface area contributed by atoms with E-state index in [4.69, 9.17) is 27.8 Å². The minimum Gasteiger partial charge on any atom is -0.431 e. The van der Waals surface area contributed by atoms with Gasteiger partial charge in [0.15, 0.2) is 0 Å². The van der Waals surface area contributed by atoms with Gasteiger partial charge in [0.05, 0.1) is 31.0 Å². The van der Waals surface area contributed by atoms with E-state index >= 15 is 0 Å². The van der Waals surface area contributed by atoms with Crippen LogP contribution in [-0.2, 0) is 50.4 Å². The Bertz CT molecular complexity index is 1920. The van der Waals surface area contributed by atoms with Gasteiger partial charge in [-0.05, 0) is 79.0 Å². The number of nitrogens with one attached hydrogen (secondary N) is 2. The van der Waals surface area contributed by atoms with Gasteiger partial charge in [0.2, 0.25) is 6.79 Å². The molecule has 0 spiro atoms. The predicted molar refractivity (Wildman–Crippen MR) is 234 cm³/mol. The number of benzene rings is 4. The van der Waals surface area contributed by atoms with Crippen molar-refractivity contribution in [3.05, 3.63) is 125 Å². The van der Waals surface area contributed by atoms with Gasteiger partial charge in [0, 0.05) is 18.8 Å². The van der Waals surface area contributed by atoms with Crippen LogP contribution in [0.2, 0.25) is 0 Å². The maximum atomic E-state index is 13.6. The zero-order valence-corrected chi connectivity index (χ0v) is 36.7. The Morgan fingerprint density at radius 2 is 1.30 bits per heavy atom. The van der Waals surface area contributed by atoms with E-state index in [9.17, 15) is 18.9 Å². The molecule has 4 aromatic rings. The maximum absolute atomic E-state index is 13.6. The molecule has 14 heteroatoms. The third kappa shape index (κ3) is 16.8. The second kappa shape index (κ2) is 24.2. The van der Waals surface area contributed by atoms with E-state index in [1.165, 1.54) is 0 Å². The number of amides is 2. The molecule has 4 rings (SSSR count). The first-order valence-corrected chi connectivity index (χ1v) is 21.8. The zero-order chi connectivity index (χ0) is 43.5. The largest absolute Gasteiger partial charge is 0.511 e. The van der Waals surface area contributed by atoms with Crippen LogP contribution in [0.4, 0.5) is 26.7 Å². The Morgan fingerprint density at radius 1 is 0.717 bits per heavy atom. The fourth-order valence-electron chi connectivity index (χ4n) is 6.19. The molecule has 2 unspecified atom stereocenters. The first kappa shape index (κ1) is 47.5. The number of phosphoric acid groups is 1. The van der Waals surface area contributed by atoms with Crippen LogP contribution < -0.4 is 15.5 Å². The number of hydrogen-bond donors (Lipinski definition) is 2. The number of carbonyl (C=O) groups is 3. The maximum Gasteiger partial charge on any atom is 0.511 e. The fraction of sp³-hybridized carbons (Fsp3) is 0.413. The van der Waals surface area contributed by atoms with Gasteiger partial charge < -0.3 is 29.7 Å². The summed E-state index contributed by atoms with van der Waals surface area (Å²) in [4.78, 5) is 41.0. The van der Waals surface area contributed by atoms with Gasteiger partial charge in [-0.3, -0.25) is 18.4 Å². The summed E-state index contributed by atoms with van der Waals surface area (Å²) in [6.45, 7) is 14.6. The van der Waals surface area contributed by atoms with Gasteiger partial charge >= 0.3 is 26.0 Å². The molecule has 0 saturated heterocycles. The molecule has 0 radical (unpaired) electrons. The second-order valence-electron chi connectivity index (χ2n) is 15.4. The first-order chi connectivity index (χ1) is 28.7. The van der Waals surface area contributed by atoms with Crippen molar-refractivity contribution >= 4 is 43.0 Å². The molecule has 4 aromatic carbocycles. The number of hydrogen-bond acceptors (Lipinski definition) is 11. The summed E-state index contributed by atoms with van der Waals surface area (Å²) < 4.78 is 45.9. The van der Waals surface area contributed by atoms with Crippen molar-refractivity contribution in [1.82, 2.24) is 0 Å². The Morgan fingerprint density at radius 3 is 1.85 bits per heavy atom. The highest BCUT2D eigenvalue weighted by molar-refractivity contribution is 7.48. The van der Waals surface area contributed by atoms with E-state index in [2.05, 4.69) is 43.2 Å². The number of aryl methyl sites for hydroxylation is 1. The average molecular weight is 846 g/mol. The highest BCUT2D eigenvalue weighted by atomic mass is 31.2. The average Bonchev–Trinajstić information content (AvgIpc) is 3.21. The van der Waals surface area contributed by atoms with Gasteiger partial charge in [-0.2, -0.15) is 0 Å². The van der Waals surface area contributed by atoms with Gasteiger partial charge in [-0.25, -0.2) is 14.2 Å². The lowest BCUT2D eigenvalue weighted by atomic mass is 9.92. The summed E-state index contributed by atoms with van der Waals surface area (Å²) in [6, 6.07) is 31.3. The van der Waals surface area contributed by atoms with E-state index in [1.54, 1.807) is 6.92 Å². The smallest absolute Gasteiger partial charge is 0.431 e. The zero-order valence-electron chi connectivity index (χ0n) is 35.8. The molecule has 0 aliphatic heterocycles. The van der Waals surface area contributed by atoms with E-state index in [0.717, 1.165) is 41.0 Å². The fourth-order valence-corrected chi connectivity index (χ4v) is 7.50. The molecule has 2 N–H and O–H groups in total. The molecule has 0 aromatic heterocycles. The SMILES string of the molecule is CCC(CC(=O)OCOC(=O)OCC(C)OP(=O)(OCc1ccccc1)OCc1ccccc1)c1ccc(N(CC(C)C)CC(C)C)c(NC(=O)Nc2ccc(C)cc2)c1. The van der Waals surface area contributed by atoms with Crippen LogP contribution in [0.25, 0.3) is 0 Å². The van der Waals surface area contributed by atoms with Gasteiger partial charge in [-0.1, -0.05) is 119 Å². The van der Waals surface area contributed by atoms with Crippen LogP contribution in [-0.4, -0.2) is 50.7 Å². The van der Waals surface area contributed by atoms with Crippen LogP contribution in [0.15, 0.2) is 103 Å². The topological polar surface area (TPSA) is 151 Å². The number of carbonyl (C=O) groups excluding carboxylic acids is 3. The lowest BCUT2D eigenvalue weighted by Crippen LogP contribution is -2.32. The number of phosphoric ester groups is 1. The van der Waals surface area contributed by atoms with Crippen LogP contribution >= 0.6 is 7.82 Å². The molecule has 2 atom stereocenters. The van der Waals surface area contributed by atoms with E-state index in [-0.39, 0.29) is 38.2 Å². The molecule has 0 aliphatic carbocycles. The molecule has 0 bridgehead atoms. The van der Waals surface area contributed by atoms with Crippen LogP contribution in [0, 0.1) is 18.8 Å². The summed E-state index contributed by atoms with van der Waals surface area (Å²) in [6.07, 6.45) is -1.43. The quantitative estimate of drug-likeness (QED) is 0.0417. The Hall–Kier alpha value is -5.20. The minimum absolute atomic E-state index is 0.00290. The third-order valence-electron chi connectivity index (χ3n) is 9.07. The molecule has 2 amide bonds. The molecule has 0 aliphatic rings. The lowest BCUT2D eigenvalue weighted by molar-refractivity contribution is -0.154. The van der Waals surface area contributed by atoms with Crippen molar-refractivity contribution in [2.45, 2.75) is 86.5 Å². The summed E-state index contributed by atoms with van der Waals surface area (Å²) in [7, 11) is -4.12. The second-order valence-corrected chi connectivity index (χ2v) is 17.1. The van der Waals surface area contributed by atoms with Crippen LogP contribution in [0.5, 0.6) is 0 Å². The normalized spacial score (nSPS) is 12.4. The molecule has 324 valence electrons. The van der Waals surface area contributed by atoms with E-state index < -0.39 is 32.8 Å². The van der Waals surface area contributed by atoms with Crippen LogP contribution in [0.1, 0.15) is 82.6 Å². The summed E-state index contributed by atoms with van der Waals surface area (Å²) >= 11 is 0. The molecule has 0 fully saturated rings. The summed E-state index contributed by atoms with van der Waals surface area (Å²) in [5, 5.41) is 5.97. The molecular weight excluding hydrogens is 785 g/mol. The predicted octanol–water partition coefficient (Wildman–Crippen LogP) is 11.2. The van der Waals surface area contributed by atoms with Crippen molar-refractivity contribution in [2.75, 3.05) is 42.0 Å². The molecule has 0 saturated carbocycles. The number of ether oxygens (including phenoxy) is 3. The highest BCUT2D eigenvalue weighted by Crippen LogP contribution is 2.52. The Labute approximate surface area is 354 Å².